The lowest BCUT2D eigenvalue weighted by atomic mass is 10.1. The molecule has 0 saturated heterocycles. The molecule has 0 radical (unpaired) electrons. The van der Waals surface area contributed by atoms with Crippen LogP contribution in [0.3, 0.4) is 0 Å². The minimum atomic E-state index is -0.582. The van der Waals surface area contributed by atoms with Crippen LogP contribution in [0.4, 0.5) is 5.69 Å². The van der Waals surface area contributed by atoms with Gasteiger partial charge >= 0.3 is 5.69 Å². The molecule has 0 unspecified atom stereocenters. The second-order valence-electron chi connectivity index (χ2n) is 6.11. The van der Waals surface area contributed by atoms with Crippen molar-refractivity contribution in [3.8, 4) is 11.5 Å². The molecule has 3 rings (SSSR count). The molecule has 0 fully saturated rings. The molecule has 7 nitrogen and oxygen atoms in total. The summed E-state index contributed by atoms with van der Waals surface area (Å²) >= 11 is 5.79. The lowest BCUT2D eigenvalue weighted by Crippen LogP contribution is -2.30. The first-order valence-corrected chi connectivity index (χ1v) is 9.04. The number of halogens is 1. The quantitative estimate of drug-likeness (QED) is 0.439. The minimum absolute atomic E-state index is 0.0426. The van der Waals surface area contributed by atoms with Crippen molar-refractivity contribution in [3.05, 3.63) is 99.1 Å². The van der Waals surface area contributed by atoms with Crippen LogP contribution in [0.2, 0.25) is 5.02 Å². The molecule has 1 amide bonds. The average molecular weight is 413 g/mol. The van der Waals surface area contributed by atoms with Gasteiger partial charge in [-0.15, -0.1) is 0 Å². The monoisotopic (exact) mass is 412 g/mol. The Kier molecular flexibility index (Phi) is 6.43. The van der Waals surface area contributed by atoms with Gasteiger partial charge in [0.25, 0.3) is 5.91 Å². The average Bonchev–Trinajstić information content (AvgIpc) is 2.74. The topological polar surface area (TPSA) is 102 Å². The van der Waals surface area contributed by atoms with Gasteiger partial charge in [-0.25, -0.2) is 0 Å². The summed E-state index contributed by atoms with van der Waals surface area (Å²) in [4.78, 5) is 23.0. The SMILES string of the molecule is O=C(N[C@H](CO)c1ccccc1)c1ccc(Oc2ccc(Cl)cc2[N+](=O)[O-])cc1. The third kappa shape index (κ3) is 5.10. The molecule has 29 heavy (non-hydrogen) atoms. The van der Waals surface area contributed by atoms with Gasteiger partial charge in [0.15, 0.2) is 0 Å². The van der Waals surface area contributed by atoms with Crippen molar-refractivity contribution in [1.29, 1.82) is 0 Å². The van der Waals surface area contributed by atoms with Crippen molar-refractivity contribution in [3.63, 3.8) is 0 Å². The van der Waals surface area contributed by atoms with E-state index in [1.165, 1.54) is 42.5 Å². The van der Waals surface area contributed by atoms with Crippen LogP contribution in [0.25, 0.3) is 0 Å². The number of carbonyl (C=O) groups is 1. The van der Waals surface area contributed by atoms with Crippen molar-refractivity contribution in [2.75, 3.05) is 6.61 Å². The van der Waals surface area contributed by atoms with Gasteiger partial charge in [0.1, 0.15) is 5.75 Å². The van der Waals surface area contributed by atoms with Crippen molar-refractivity contribution < 1.29 is 19.6 Å². The van der Waals surface area contributed by atoms with Gasteiger partial charge in [-0.05, 0) is 42.0 Å². The van der Waals surface area contributed by atoms with E-state index in [1.807, 2.05) is 30.3 Å². The van der Waals surface area contributed by atoms with Crippen molar-refractivity contribution in [2.45, 2.75) is 6.04 Å². The second kappa shape index (κ2) is 9.18. The van der Waals surface area contributed by atoms with E-state index >= 15 is 0 Å². The van der Waals surface area contributed by atoms with Crippen LogP contribution in [-0.2, 0) is 0 Å². The fourth-order valence-electron chi connectivity index (χ4n) is 2.68. The van der Waals surface area contributed by atoms with Crippen molar-refractivity contribution in [2.24, 2.45) is 0 Å². The normalized spacial score (nSPS) is 11.5. The standard InChI is InChI=1S/C21H17ClN2O5/c22-16-8-11-20(19(12-16)24(27)28)29-17-9-6-15(7-10-17)21(26)23-18(13-25)14-4-2-1-3-5-14/h1-12,18,25H,13H2,(H,23,26)/t18-/m1/s1. The largest absolute Gasteiger partial charge is 0.450 e. The van der Waals surface area contributed by atoms with Gasteiger partial charge in [0.2, 0.25) is 5.75 Å². The minimum Gasteiger partial charge on any atom is -0.450 e. The molecule has 0 saturated carbocycles. The van der Waals surface area contributed by atoms with E-state index in [0.717, 1.165) is 5.56 Å². The summed E-state index contributed by atoms with van der Waals surface area (Å²) in [5, 5.41) is 23.7. The molecular weight excluding hydrogens is 396 g/mol. The van der Waals surface area contributed by atoms with Crippen LogP contribution < -0.4 is 10.1 Å². The number of nitro groups is 1. The number of nitrogens with zero attached hydrogens (tertiary/aromatic N) is 1. The Morgan fingerprint density at radius 1 is 1.10 bits per heavy atom. The first-order valence-electron chi connectivity index (χ1n) is 8.66. The molecule has 3 aromatic rings. The summed E-state index contributed by atoms with van der Waals surface area (Å²) in [6.45, 7) is -0.239. The number of rotatable bonds is 7. The zero-order valence-electron chi connectivity index (χ0n) is 15.1. The number of nitrogens with one attached hydrogen (secondary N) is 1. The second-order valence-corrected chi connectivity index (χ2v) is 6.55. The zero-order chi connectivity index (χ0) is 20.8. The van der Waals surface area contributed by atoms with Crippen LogP contribution >= 0.6 is 11.6 Å². The smallest absolute Gasteiger partial charge is 0.313 e. The first kappa shape index (κ1) is 20.3. The predicted molar refractivity (Wildman–Crippen MR) is 108 cm³/mol. The maximum Gasteiger partial charge on any atom is 0.313 e. The number of amides is 1. The zero-order valence-corrected chi connectivity index (χ0v) is 15.9. The lowest BCUT2D eigenvalue weighted by Gasteiger charge is -2.17. The van der Waals surface area contributed by atoms with Crippen molar-refractivity contribution in [1.82, 2.24) is 5.32 Å². The fourth-order valence-corrected chi connectivity index (χ4v) is 2.85. The van der Waals surface area contributed by atoms with Crippen LogP contribution in [0.1, 0.15) is 22.0 Å². The number of benzene rings is 3. The molecule has 2 N–H and O–H groups in total. The maximum atomic E-state index is 12.5. The Bertz CT molecular complexity index is 1010. The molecule has 8 heteroatoms. The van der Waals surface area contributed by atoms with Crippen molar-refractivity contribution >= 4 is 23.2 Å². The van der Waals surface area contributed by atoms with Gasteiger partial charge in [-0.3, -0.25) is 14.9 Å². The summed E-state index contributed by atoms with van der Waals surface area (Å²) in [6, 6.07) is 18.8. The van der Waals surface area contributed by atoms with Crippen LogP contribution in [-0.4, -0.2) is 22.5 Å². The van der Waals surface area contributed by atoms with E-state index in [4.69, 9.17) is 16.3 Å². The van der Waals surface area contributed by atoms with E-state index in [1.54, 1.807) is 0 Å². The molecule has 3 aromatic carbocycles. The summed E-state index contributed by atoms with van der Waals surface area (Å²) in [5.74, 6) is 0.00619. The van der Waals surface area contributed by atoms with Gasteiger partial charge in [-0.1, -0.05) is 41.9 Å². The fraction of sp³-hybridized carbons (Fsp3) is 0.0952. The van der Waals surface area contributed by atoms with Crippen LogP contribution in [0.15, 0.2) is 72.8 Å². The molecular formula is C21H17ClN2O5. The predicted octanol–water partition coefficient (Wildman–Crippen LogP) is 4.50. The van der Waals surface area contributed by atoms with Crippen LogP contribution in [0.5, 0.6) is 11.5 Å². The molecule has 0 aromatic heterocycles. The summed E-state index contributed by atoms with van der Waals surface area (Å²) in [5.41, 5.74) is 0.892. The molecule has 1 atom stereocenters. The van der Waals surface area contributed by atoms with Gasteiger partial charge < -0.3 is 15.2 Å². The third-order valence-electron chi connectivity index (χ3n) is 4.15. The highest BCUT2D eigenvalue weighted by molar-refractivity contribution is 6.30. The highest BCUT2D eigenvalue weighted by Gasteiger charge is 2.18. The van der Waals surface area contributed by atoms with Gasteiger partial charge in [0.05, 0.1) is 17.6 Å². The Labute approximate surface area is 171 Å². The number of hydrogen-bond acceptors (Lipinski definition) is 5. The van der Waals surface area contributed by atoms with E-state index in [2.05, 4.69) is 5.32 Å². The van der Waals surface area contributed by atoms with Gasteiger partial charge in [-0.2, -0.15) is 0 Å². The molecule has 0 aliphatic carbocycles. The van der Waals surface area contributed by atoms with Crippen LogP contribution in [0, 0.1) is 10.1 Å². The number of aliphatic hydroxyl groups excluding tert-OH is 1. The Balaban J connectivity index is 1.72. The highest BCUT2D eigenvalue weighted by Crippen LogP contribution is 2.33. The number of aliphatic hydroxyl groups is 1. The number of nitro benzene ring substituents is 1. The molecule has 0 heterocycles. The highest BCUT2D eigenvalue weighted by atomic mass is 35.5. The molecule has 0 aliphatic rings. The summed E-state index contributed by atoms with van der Waals surface area (Å²) in [6.07, 6.45) is 0. The molecule has 148 valence electrons. The lowest BCUT2D eigenvalue weighted by molar-refractivity contribution is -0.385. The number of hydrogen-bond donors (Lipinski definition) is 2. The molecule has 0 bridgehead atoms. The maximum absolute atomic E-state index is 12.5. The van der Waals surface area contributed by atoms with E-state index in [0.29, 0.717) is 11.3 Å². The molecule has 0 spiro atoms. The first-order chi connectivity index (χ1) is 14.0. The Morgan fingerprint density at radius 3 is 2.41 bits per heavy atom. The Morgan fingerprint density at radius 2 is 1.79 bits per heavy atom. The third-order valence-corrected chi connectivity index (χ3v) is 4.39. The Hall–Kier alpha value is -3.42. The molecule has 0 aliphatic heterocycles. The number of ether oxygens (including phenoxy) is 1. The summed E-state index contributed by atoms with van der Waals surface area (Å²) in [7, 11) is 0. The number of carbonyl (C=O) groups excluding carboxylic acids is 1. The van der Waals surface area contributed by atoms with Gasteiger partial charge in [0, 0.05) is 16.7 Å². The van der Waals surface area contributed by atoms with E-state index < -0.39 is 11.0 Å². The van der Waals surface area contributed by atoms with E-state index in [9.17, 15) is 20.0 Å². The summed E-state index contributed by atoms with van der Waals surface area (Å²) < 4.78 is 5.56. The van der Waals surface area contributed by atoms with E-state index in [-0.39, 0.29) is 29.0 Å².